The van der Waals surface area contributed by atoms with Crippen LogP contribution in [0.2, 0.25) is 0 Å². The number of rotatable bonds is 3. The van der Waals surface area contributed by atoms with E-state index in [0.717, 1.165) is 11.8 Å². The summed E-state index contributed by atoms with van der Waals surface area (Å²) in [6, 6.07) is -1.22. The second-order valence-corrected chi connectivity index (χ2v) is 6.73. The fourth-order valence-corrected chi connectivity index (χ4v) is 3.66. The van der Waals surface area contributed by atoms with Crippen molar-refractivity contribution in [3.05, 3.63) is 11.5 Å². The lowest BCUT2D eigenvalue weighted by molar-refractivity contribution is -0.137. The van der Waals surface area contributed by atoms with Crippen LogP contribution in [-0.4, -0.2) is 54.8 Å². The molecule has 1 fully saturated rings. The molecule has 0 radical (unpaired) electrons. The quantitative estimate of drug-likeness (QED) is 0.757. The average Bonchev–Trinajstić information content (AvgIpc) is 2.84. The number of urea groups is 1. The first-order chi connectivity index (χ1) is 8.87. The Labute approximate surface area is 111 Å². The van der Waals surface area contributed by atoms with E-state index in [1.807, 2.05) is 0 Å². The van der Waals surface area contributed by atoms with E-state index in [-0.39, 0.29) is 18.2 Å². The number of carbonyl (C=O) groups is 2. The summed E-state index contributed by atoms with van der Waals surface area (Å²) in [4.78, 5) is 24.2. The molecule has 0 aromatic heterocycles. The molecule has 1 saturated heterocycles. The fraction of sp³-hybridized carbons (Fsp3) is 0.636. The molecule has 2 aliphatic rings. The van der Waals surface area contributed by atoms with Gasteiger partial charge in [0.2, 0.25) is 0 Å². The summed E-state index contributed by atoms with van der Waals surface area (Å²) in [5.74, 6) is -1.07. The van der Waals surface area contributed by atoms with Gasteiger partial charge >= 0.3 is 12.0 Å². The molecule has 2 heterocycles. The third-order valence-electron chi connectivity index (χ3n) is 3.29. The lowest BCUT2D eigenvalue weighted by atomic mass is 10.1. The van der Waals surface area contributed by atoms with Crippen LogP contribution < -0.4 is 5.32 Å². The predicted octanol–water partition coefficient (Wildman–Crippen LogP) is -0.0542. The average molecular weight is 288 g/mol. The smallest absolute Gasteiger partial charge is 0.318 e. The molecule has 7 nitrogen and oxygen atoms in total. The zero-order valence-electron chi connectivity index (χ0n) is 10.3. The standard InChI is InChI=1S/C11H16N2O5S/c14-10(15)6-9-2-1-4-13(9)11(16)12-8-3-5-19(17,18)7-8/h3,5,8-9H,1-2,4,6-7H2,(H,12,16)(H,14,15). The Morgan fingerprint density at radius 2 is 2.16 bits per heavy atom. The minimum atomic E-state index is -3.21. The van der Waals surface area contributed by atoms with Gasteiger partial charge in [-0.1, -0.05) is 0 Å². The summed E-state index contributed by atoms with van der Waals surface area (Å²) in [5.41, 5.74) is 0. The number of carbonyl (C=O) groups excluding carboxylic acids is 1. The summed E-state index contributed by atoms with van der Waals surface area (Å²) in [6.07, 6.45) is 2.80. The van der Waals surface area contributed by atoms with Crippen molar-refractivity contribution in [2.24, 2.45) is 0 Å². The summed E-state index contributed by atoms with van der Waals surface area (Å²) in [5, 5.41) is 12.5. The van der Waals surface area contributed by atoms with Gasteiger partial charge in [0.25, 0.3) is 0 Å². The Morgan fingerprint density at radius 1 is 1.42 bits per heavy atom. The summed E-state index contributed by atoms with van der Waals surface area (Å²) in [6.45, 7) is 0.507. The summed E-state index contributed by atoms with van der Waals surface area (Å²) >= 11 is 0. The highest BCUT2D eigenvalue weighted by atomic mass is 32.2. The minimum absolute atomic E-state index is 0.0772. The van der Waals surface area contributed by atoms with E-state index in [1.165, 1.54) is 11.0 Å². The van der Waals surface area contributed by atoms with E-state index in [1.54, 1.807) is 0 Å². The van der Waals surface area contributed by atoms with Crippen LogP contribution >= 0.6 is 0 Å². The molecule has 0 aliphatic carbocycles. The molecule has 0 bridgehead atoms. The molecule has 2 atom stereocenters. The highest BCUT2D eigenvalue weighted by molar-refractivity contribution is 7.94. The number of hydrogen-bond acceptors (Lipinski definition) is 4. The number of hydrogen-bond donors (Lipinski definition) is 2. The Morgan fingerprint density at radius 3 is 2.74 bits per heavy atom. The van der Waals surface area contributed by atoms with Crippen LogP contribution in [-0.2, 0) is 14.6 Å². The molecule has 8 heteroatoms. The molecule has 0 aromatic carbocycles. The van der Waals surface area contributed by atoms with Gasteiger partial charge in [-0.2, -0.15) is 0 Å². The van der Waals surface area contributed by atoms with Gasteiger partial charge in [0, 0.05) is 18.0 Å². The van der Waals surface area contributed by atoms with Crippen LogP contribution in [0.25, 0.3) is 0 Å². The highest BCUT2D eigenvalue weighted by Crippen LogP contribution is 2.20. The summed E-state index contributed by atoms with van der Waals surface area (Å²) in [7, 11) is -3.21. The fourth-order valence-electron chi connectivity index (χ4n) is 2.42. The number of nitrogens with one attached hydrogen (secondary N) is 1. The number of amides is 2. The molecule has 0 aromatic rings. The molecule has 0 saturated carbocycles. The van der Waals surface area contributed by atoms with Crippen molar-refractivity contribution >= 4 is 21.8 Å². The molecule has 2 unspecified atom stereocenters. The minimum Gasteiger partial charge on any atom is -0.481 e. The van der Waals surface area contributed by atoms with Crippen molar-refractivity contribution in [1.29, 1.82) is 0 Å². The maximum atomic E-state index is 12.0. The molecule has 2 aliphatic heterocycles. The first-order valence-corrected chi connectivity index (χ1v) is 7.79. The maximum absolute atomic E-state index is 12.0. The van der Waals surface area contributed by atoms with Crippen molar-refractivity contribution in [3.63, 3.8) is 0 Å². The molecule has 2 amide bonds. The van der Waals surface area contributed by atoms with Crippen molar-refractivity contribution < 1.29 is 23.1 Å². The predicted molar refractivity (Wildman–Crippen MR) is 67.2 cm³/mol. The number of carboxylic acids is 1. The van der Waals surface area contributed by atoms with E-state index >= 15 is 0 Å². The SMILES string of the molecule is O=C(O)CC1CCCN1C(=O)NC1C=CS(=O)(=O)C1. The Hall–Kier alpha value is -1.57. The van der Waals surface area contributed by atoms with Crippen LogP contribution in [0.3, 0.4) is 0 Å². The third-order valence-corrected chi connectivity index (χ3v) is 4.68. The number of aliphatic carboxylic acids is 1. The Balaban J connectivity index is 1.93. The first-order valence-electron chi connectivity index (χ1n) is 6.07. The van der Waals surface area contributed by atoms with Crippen LogP contribution in [0.5, 0.6) is 0 Å². The zero-order valence-corrected chi connectivity index (χ0v) is 11.1. The molecule has 19 heavy (non-hydrogen) atoms. The molecule has 2 N–H and O–H groups in total. The second-order valence-electron chi connectivity index (χ2n) is 4.80. The Bertz CT molecular complexity index is 513. The lowest BCUT2D eigenvalue weighted by Gasteiger charge is -2.25. The van der Waals surface area contributed by atoms with Crippen molar-refractivity contribution in [2.45, 2.75) is 31.3 Å². The molecular weight excluding hydrogens is 272 g/mol. The van der Waals surface area contributed by atoms with E-state index in [2.05, 4.69) is 5.32 Å². The highest BCUT2D eigenvalue weighted by Gasteiger charge is 2.32. The maximum Gasteiger partial charge on any atom is 0.318 e. The largest absolute Gasteiger partial charge is 0.481 e. The van der Waals surface area contributed by atoms with Crippen molar-refractivity contribution in [2.75, 3.05) is 12.3 Å². The van der Waals surface area contributed by atoms with Gasteiger partial charge in [0.05, 0.1) is 18.2 Å². The number of likely N-dealkylation sites (tertiary alicyclic amines) is 1. The van der Waals surface area contributed by atoms with E-state index in [4.69, 9.17) is 5.11 Å². The zero-order chi connectivity index (χ0) is 14.0. The van der Waals surface area contributed by atoms with Gasteiger partial charge in [-0.25, -0.2) is 13.2 Å². The topological polar surface area (TPSA) is 104 Å². The van der Waals surface area contributed by atoms with E-state index in [9.17, 15) is 18.0 Å². The number of nitrogens with zero attached hydrogens (tertiary/aromatic N) is 1. The van der Waals surface area contributed by atoms with Crippen LogP contribution in [0.1, 0.15) is 19.3 Å². The van der Waals surface area contributed by atoms with Gasteiger partial charge in [-0.05, 0) is 18.9 Å². The molecular formula is C11H16N2O5S. The lowest BCUT2D eigenvalue weighted by Crippen LogP contribution is -2.47. The third kappa shape index (κ3) is 3.46. The number of sulfone groups is 1. The summed E-state index contributed by atoms with van der Waals surface area (Å²) < 4.78 is 22.4. The molecule has 0 spiro atoms. The van der Waals surface area contributed by atoms with E-state index in [0.29, 0.717) is 13.0 Å². The van der Waals surface area contributed by atoms with Gasteiger partial charge in [-0.15, -0.1) is 0 Å². The Kier molecular flexibility index (Phi) is 3.79. The van der Waals surface area contributed by atoms with Gasteiger partial charge in [0.15, 0.2) is 9.84 Å². The van der Waals surface area contributed by atoms with Crippen LogP contribution in [0.15, 0.2) is 11.5 Å². The van der Waals surface area contributed by atoms with Gasteiger partial charge in [-0.3, -0.25) is 4.79 Å². The molecule has 106 valence electrons. The normalized spacial score (nSPS) is 28.5. The molecule has 2 rings (SSSR count). The monoisotopic (exact) mass is 288 g/mol. The van der Waals surface area contributed by atoms with Gasteiger partial charge in [0.1, 0.15) is 0 Å². The van der Waals surface area contributed by atoms with E-state index < -0.39 is 27.9 Å². The van der Waals surface area contributed by atoms with Crippen LogP contribution in [0, 0.1) is 0 Å². The van der Waals surface area contributed by atoms with Crippen molar-refractivity contribution in [3.8, 4) is 0 Å². The number of carboxylic acid groups (broad SMARTS) is 1. The first kappa shape index (κ1) is 13.9. The van der Waals surface area contributed by atoms with Gasteiger partial charge < -0.3 is 15.3 Å². The van der Waals surface area contributed by atoms with Crippen molar-refractivity contribution in [1.82, 2.24) is 10.2 Å². The second kappa shape index (κ2) is 5.20. The van der Waals surface area contributed by atoms with Crippen LogP contribution in [0.4, 0.5) is 4.79 Å².